The van der Waals surface area contributed by atoms with E-state index < -0.39 is 39.9 Å². The van der Waals surface area contributed by atoms with Crippen LogP contribution in [0.15, 0.2) is 46.6 Å². The molecule has 1 fully saturated rings. The monoisotopic (exact) mass is 560 g/mol. The molecular formula is C23H22Cl2F4N6O2. The van der Waals surface area contributed by atoms with Gasteiger partial charge in [0.2, 0.25) is 5.91 Å². The lowest BCUT2D eigenvalue weighted by atomic mass is 9.94. The predicted octanol–water partition coefficient (Wildman–Crippen LogP) is 3.63. The normalized spacial score (nSPS) is 24.9. The van der Waals surface area contributed by atoms with Crippen LogP contribution in [0.4, 0.5) is 23.4 Å². The zero-order valence-electron chi connectivity index (χ0n) is 19.7. The molecule has 0 spiro atoms. The summed E-state index contributed by atoms with van der Waals surface area (Å²) in [5, 5.41) is -0.474. The van der Waals surface area contributed by atoms with E-state index in [0.717, 1.165) is 12.4 Å². The zero-order valence-corrected chi connectivity index (χ0v) is 21.2. The SMILES string of the molecule is C=CC(=O)N1CCN(c2ncnc3c(=O)n(C4=C(N)C(Cl)=CC(C)(Cl)C4F)c(C(F)(F)F)cc23)[C@H](C)C1. The van der Waals surface area contributed by atoms with Crippen LogP contribution in [0.3, 0.4) is 0 Å². The molecule has 2 aromatic rings. The molecule has 2 aliphatic rings. The van der Waals surface area contributed by atoms with Gasteiger partial charge in [0, 0.05) is 25.7 Å². The molecule has 3 atom stereocenters. The smallest absolute Gasteiger partial charge is 0.396 e. The van der Waals surface area contributed by atoms with Crippen LogP contribution in [0.5, 0.6) is 0 Å². The third kappa shape index (κ3) is 4.56. The van der Waals surface area contributed by atoms with Crippen LogP contribution in [0.25, 0.3) is 16.6 Å². The fourth-order valence-electron chi connectivity index (χ4n) is 4.54. The van der Waals surface area contributed by atoms with Gasteiger partial charge in [-0.05, 0) is 32.1 Å². The molecule has 8 nitrogen and oxygen atoms in total. The molecule has 37 heavy (non-hydrogen) atoms. The Morgan fingerprint density at radius 2 is 2.00 bits per heavy atom. The highest BCUT2D eigenvalue weighted by Crippen LogP contribution is 2.42. The second-order valence-corrected chi connectivity index (χ2v) is 10.2. The number of halogens is 6. The zero-order chi connectivity index (χ0) is 27.4. The Morgan fingerprint density at radius 1 is 1.32 bits per heavy atom. The van der Waals surface area contributed by atoms with Crippen molar-refractivity contribution >= 4 is 51.5 Å². The molecule has 3 heterocycles. The van der Waals surface area contributed by atoms with E-state index in [9.17, 15) is 22.8 Å². The molecule has 1 aliphatic heterocycles. The van der Waals surface area contributed by atoms with E-state index in [2.05, 4.69) is 16.5 Å². The van der Waals surface area contributed by atoms with Gasteiger partial charge >= 0.3 is 6.18 Å². The van der Waals surface area contributed by atoms with Crippen molar-refractivity contribution < 1.29 is 22.4 Å². The number of carbonyl (C=O) groups is 1. The number of nitrogens with zero attached hydrogens (tertiary/aromatic N) is 5. The van der Waals surface area contributed by atoms with E-state index in [1.807, 2.05) is 0 Å². The molecule has 1 saturated heterocycles. The highest BCUT2D eigenvalue weighted by molar-refractivity contribution is 6.35. The summed E-state index contributed by atoms with van der Waals surface area (Å²) in [4.78, 5) is 35.0. The Labute approximate surface area is 218 Å². The summed E-state index contributed by atoms with van der Waals surface area (Å²) in [5.74, 6) is -0.208. The lowest BCUT2D eigenvalue weighted by Crippen LogP contribution is -2.53. The van der Waals surface area contributed by atoms with Crippen LogP contribution in [0.1, 0.15) is 19.5 Å². The minimum atomic E-state index is -5.11. The summed E-state index contributed by atoms with van der Waals surface area (Å²) in [6.45, 7) is 7.17. The maximum Gasteiger partial charge on any atom is 0.431 e. The average Bonchev–Trinajstić information content (AvgIpc) is 2.82. The van der Waals surface area contributed by atoms with Gasteiger partial charge in [-0.3, -0.25) is 14.2 Å². The number of rotatable bonds is 3. The van der Waals surface area contributed by atoms with Crippen LogP contribution in [-0.4, -0.2) is 62.1 Å². The van der Waals surface area contributed by atoms with Gasteiger partial charge < -0.3 is 15.5 Å². The van der Waals surface area contributed by atoms with Gasteiger partial charge in [-0.15, -0.1) is 11.6 Å². The van der Waals surface area contributed by atoms with Crippen LogP contribution in [-0.2, 0) is 11.0 Å². The Bertz CT molecular complexity index is 1420. The Balaban J connectivity index is 1.96. The van der Waals surface area contributed by atoms with Crippen molar-refractivity contribution in [1.29, 1.82) is 0 Å². The van der Waals surface area contributed by atoms with Crippen molar-refractivity contribution in [3.05, 3.63) is 57.9 Å². The number of fused-ring (bicyclic) bond motifs is 1. The van der Waals surface area contributed by atoms with Crippen molar-refractivity contribution in [3.63, 3.8) is 0 Å². The number of hydrogen-bond acceptors (Lipinski definition) is 6. The standard InChI is InChI=1S/C23H22Cl2F4N6O2/c1-4-15(36)33-5-6-34(11(2)9-33)20-12-7-14(23(27,28)29)35(21(37)17(12)31-10-32-20)18-16(30)13(24)8-22(3,25)19(18)26/h4,7-8,10-11,19H,1,5-6,9,30H2,2-3H3/t11-,19?,22?/m1/s1. The largest absolute Gasteiger partial charge is 0.431 e. The van der Waals surface area contributed by atoms with Gasteiger partial charge in [-0.2, -0.15) is 13.2 Å². The first-order valence-corrected chi connectivity index (χ1v) is 11.8. The molecule has 14 heteroatoms. The molecule has 1 amide bonds. The van der Waals surface area contributed by atoms with Crippen LogP contribution in [0, 0.1) is 0 Å². The Morgan fingerprint density at radius 3 is 2.59 bits per heavy atom. The average molecular weight is 561 g/mol. The first-order valence-electron chi connectivity index (χ1n) is 11.1. The van der Waals surface area contributed by atoms with Gasteiger partial charge in [0.05, 0.1) is 26.7 Å². The maximum atomic E-state index is 15.5. The summed E-state index contributed by atoms with van der Waals surface area (Å²) < 4.78 is 58.6. The molecule has 2 unspecified atom stereocenters. The lowest BCUT2D eigenvalue weighted by Gasteiger charge is -2.40. The molecule has 2 N–H and O–H groups in total. The minimum Gasteiger partial charge on any atom is -0.396 e. The molecule has 1 aliphatic carbocycles. The highest BCUT2D eigenvalue weighted by atomic mass is 35.5. The van der Waals surface area contributed by atoms with Crippen LogP contribution < -0.4 is 16.2 Å². The number of hydrogen-bond donors (Lipinski definition) is 1. The predicted molar refractivity (Wildman–Crippen MR) is 133 cm³/mol. The fraction of sp³-hybridized carbons (Fsp3) is 0.391. The van der Waals surface area contributed by atoms with E-state index in [1.54, 1.807) is 16.7 Å². The summed E-state index contributed by atoms with van der Waals surface area (Å²) >= 11 is 12.2. The molecule has 0 saturated carbocycles. The topological polar surface area (TPSA) is 97.4 Å². The number of carbonyl (C=O) groups excluding carboxylic acids is 1. The fourth-order valence-corrected chi connectivity index (χ4v) is 5.13. The molecule has 0 radical (unpaired) electrons. The number of alkyl halides is 5. The third-order valence-corrected chi connectivity index (χ3v) is 7.00. The number of piperazine rings is 1. The lowest BCUT2D eigenvalue weighted by molar-refractivity contribution is -0.142. The first-order chi connectivity index (χ1) is 17.2. The van der Waals surface area contributed by atoms with Gasteiger partial charge in [0.15, 0.2) is 6.17 Å². The maximum absolute atomic E-state index is 15.5. The molecule has 0 bridgehead atoms. The molecule has 0 aromatic carbocycles. The van der Waals surface area contributed by atoms with Crippen molar-refractivity contribution in [2.24, 2.45) is 5.73 Å². The number of anilines is 1. The number of pyridine rings is 1. The summed E-state index contributed by atoms with van der Waals surface area (Å²) in [5.41, 5.74) is 1.36. The third-order valence-electron chi connectivity index (χ3n) is 6.39. The van der Waals surface area contributed by atoms with Gasteiger partial charge in [-0.1, -0.05) is 18.2 Å². The molecule has 4 rings (SSSR count). The Kier molecular flexibility index (Phi) is 6.78. The number of nitrogens with two attached hydrogens (primary N) is 1. The highest BCUT2D eigenvalue weighted by Gasteiger charge is 2.45. The van der Waals surface area contributed by atoms with E-state index in [0.29, 0.717) is 6.07 Å². The second kappa shape index (κ2) is 9.32. The van der Waals surface area contributed by atoms with Gasteiger partial charge in [-0.25, -0.2) is 14.4 Å². The molecular weight excluding hydrogens is 539 g/mol. The number of allylic oxidation sites excluding steroid dienone is 3. The van der Waals surface area contributed by atoms with Crippen molar-refractivity contribution in [2.45, 2.75) is 37.1 Å². The number of amides is 1. The Hall–Kier alpha value is -3.12. The van der Waals surface area contributed by atoms with Crippen LogP contribution >= 0.6 is 23.2 Å². The van der Waals surface area contributed by atoms with Crippen molar-refractivity contribution in [1.82, 2.24) is 19.4 Å². The van der Waals surface area contributed by atoms with Gasteiger partial charge in [0.1, 0.15) is 23.4 Å². The minimum absolute atomic E-state index is 0.0699. The quantitative estimate of drug-likeness (QED) is 0.350. The van der Waals surface area contributed by atoms with E-state index in [-0.39, 0.29) is 57.9 Å². The van der Waals surface area contributed by atoms with E-state index in [1.165, 1.54) is 13.0 Å². The summed E-state index contributed by atoms with van der Waals surface area (Å²) in [7, 11) is 0. The summed E-state index contributed by atoms with van der Waals surface area (Å²) in [6, 6.07) is 0.325. The van der Waals surface area contributed by atoms with E-state index >= 15 is 4.39 Å². The number of aromatic nitrogens is 3. The second-order valence-electron chi connectivity index (χ2n) is 8.96. The molecule has 198 valence electrons. The first kappa shape index (κ1) is 26.9. The molecule has 2 aromatic heterocycles. The van der Waals surface area contributed by atoms with Crippen molar-refractivity contribution in [2.75, 3.05) is 24.5 Å². The van der Waals surface area contributed by atoms with Gasteiger partial charge in [0.25, 0.3) is 5.56 Å². The summed E-state index contributed by atoms with van der Waals surface area (Å²) in [6.07, 6.45) is -4.13. The van der Waals surface area contributed by atoms with Crippen LogP contribution in [0.2, 0.25) is 0 Å². The van der Waals surface area contributed by atoms with E-state index in [4.69, 9.17) is 28.9 Å². The van der Waals surface area contributed by atoms with Crippen molar-refractivity contribution in [3.8, 4) is 0 Å².